The second-order valence-corrected chi connectivity index (χ2v) is 11.5. The Morgan fingerprint density at radius 2 is 1.75 bits per heavy atom. The number of halogens is 2. The van der Waals surface area contributed by atoms with Crippen LogP contribution in [-0.4, -0.2) is 33.6 Å². The highest BCUT2D eigenvalue weighted by atomic mass is 35.5. The lowest BCUT2D eigenvalue weighted by Crippen LogP contribution is -2.42. The molecule has 1 amide bonds. The van der Waals surface area contributed by atoms with Crippen molar-refractivity contribution in [1.82, 2.24) is 0 Å². The molecule has 1 aliphatic carbocycles. The van der Waals surface area contributed by atoms with Crippen LogP contribution in [0, 0.1) is 11.7 Å². The van der Waals surface area contributed by atoms with E-state index in [1.165, 1.54) is 35.2 Å². The Hall–Kier alpha value is -1.96. The first kappa shape index (κ1) is 23.2. The van der Waals surface area contributed by atoms with Crippen molar-refractivity contribution in [3.63, 3.8) is 0 Å². The molecule has 5 nitrogen and oxygen atoms in total. The first-order valence-electron chi connectivity index (χ1n) is 10.9. The van der Waals surface area contributed by atoms with E-state index in [0.29, 0.717) is 10.6 Å². The third kappa shape index (κ3) is 4.06. The van der Waals surface area contributed by atoms with Gasteiger partial charge >= 0.3 is 0 Å². The number of rotatable bonds is 6. The lowest BCUT2D eigenvalue weighted by atomic mass is 9.90. The summed E-state index contributed by atoms with van der Waals surface area (Å²) in [6.07, 6.45) is 2.08. The Balaban J connectivity index is 1.79. The van der Waals surface area contributed by atoms with Crippen molar-refractivity contribution < 1.29 is 22.3 Å². The fourth-order valence-corrected chi connectivity index (χ4v) is 6.63. The molecule has 0 spiro atoms. The normalized spacial score (nSPS) is 18.5. The van der Waals surface area contributed by atoms with E-state index in [1.54, 1.807) is 12.1 Å². The summed E-state index contributed by atoms with van der Waals surface area (Å²) < 4.78 is 47.1. The highest BCUT2D eigenvalue weighted by Crippen LogP contribution is 2.45. The highest BCUT2D eigenvalue weighted by Gasteiger charge is 2.48. The minimum absolute atomic E-state index is 0.0522. The Kier molecular flexibility index (Phi) is 6.36. The molecule has 1 saturated carbocycles. The lowest BCUT2D eigenvalue weighted by molar-refractivity contribution is -0.120. The molecule has 0 unspecified atom stereocenters. The Bertz CT molecular complexity index is 1110. The van der Waals surface area contributed by atoms with Gasteiger partial charge in [0.25, 0.3) is 0 Å². The van der Waals surface area contributed by atoms with E-state index < -0.39 is 20.4 Å². The van der Waals surface area contributed by atoms with Gasteiger partial charge in [0.1, 0.15) is 10.6 Å². The number of hydrogen-bond acceptors (Lipinski definition) is 4. The van der Waals surface area contributed by atoms with Crippen LogP contribution in [0.5, 0.6) is 0 Å². The summed E-state index contributed by atoms with van der Waals surface area (Å²) >= 11 is 5.95. The number of nitrogens with zero attached hydrogens (tertiary/aromatic N) is 1. The average Bonchev–Trinajstić information content (AvgIpc) is 3.61. The van der Waals surface area contributed by atoms with Crippen molar-refractivity contribution in [3.8, 4) is 0 Å². The van der Waals surface area contributed by atoms with Crippen LogP contribution in [0.4, 0.5) is 10.1 Å². The van der Waals surface area contributed by atoms with E-state index >= 15 is 4.39 Å². The summed E-state index contributed by atoms with van der Waals surface area (Å²) in [5, 5.41) is 0.439. The first-order valence-corrected chi connectivity index (χ1v) is 12.7. The van der Waals surface area contributed by atoms with Crippen LogP contribution in [0.2, 0.25) is 5.02 Å². The molecule has 2 aliphatic rings. The summed E-state index contributed by atoms with van der Waals surface area (Å²) in [6, 6.07) is 10.3. The largest absolute Gasteiger partial charge is 0.381 e. The summed E-state index contributed by atoms with van der Waals surface area (Å²) in [5.74, 6) is -0.729. The van der Waals surface area contributed by atoms with Crippen LogP contribution in [0.1, 0.15) is 45.1 Å². The van der Waals surface area contributed by atoms with Gasteiger partial charge in [-0.3, -0.25) is 4.79 Å². The van der Waals surface area contributed by atoms with Crippen molar-refractivity contribution in [3.05, 3.63) is 58.9 Å². The Morgan fingerprint density at radius 1 is 1.12 bits per heavy atom. The molecule has 0 aromatic heterocycles. The fourth-order valence-electron chi connectivity index (χ4n) is 4.42. The molecular weight excluding hydrogens is 453 g/mol. The molecule has 1 aliphatic heterocycles. The monoisotopic (exact) mass is 479 g/mol. The lowest BCUT2D eigenvalue weighted by Gasteiger charge is -2.37. The van der Waals surface area contributed by atoms with E-state index in [9.17, 15) is 13.2 Å². The van der Waals surface area contributed by atoms with Crippen molar-refractivity contribution in [2.24, 2.45) is 5.92 Å². The molecule has 4 rings (SSSR count). The first-order chi connectivity index (χ1) is 15.2. The molecule has 1 heterocycles. The van der Waals surface area contributed by atoms with Crippen molar-refractivity contribution in [2.45, 2.75) is 55.2 Å². The third-order valence-electron chi connectivity index (χ3n) is 6.35. The van der Waals surface area contributed by atoms with Crippen LogP contribution in [0.15, 0.2) is 47.4 Å². The van der Waals surface area contributed by atoms with Gasteiger partial charge in [-0.15, -0.1) is 0 Å². The van der Waals surface area contributed by atoms with Gasteiger partial charge in [0.2, 0.25) is 5.91 Å². The SMILES string of the molecule is CC(C)N(C(=O)C1CC1)c1ccc(C2(S(=O)(=O)c3ccc(Cl)cc3)CCOCC2)cc1F. The smallest absolute Gasteiger partial charge is 0.230 e. The second-order valence-electron chi connectivity index (χ2n) is 8.81. The average molecular weight is 480 g/mol. The summed E-state index contributed by atoms with van der Waals surface area (Å²) in [4.78, 5) is 14.4. The molecule has 1 saturated heterocycles. The summed E-state index contributed by atoms with van der Waals surface area (Å²) in [7, 11) is -3.87. The molecule has 0 bridgehead atoms. The van der Waals surface area contributed by atoms with Gasteiger partial charge in [0.05, 0.1) is 10.6 Å². The predicted octanol–water partition coefficient (Wildman–Crippen LogP) is 5.11. The number of carbonyl (C=O) groups excluding carboxylic acids is 1. The van der Waals surface area contributed by atoms with Crippen molar-refractivity contribution in [2.75, 3.05) is 18.1 Å². The van der Waals surface area contributed by atoms with Crippen LogP contribution < -0.4 is 4.90 Å². The maximum atomic E-state index is 15.4. The van der Waals surface area contributed by atoms with Gasteiger partial charge in [-0.25, -0.2) is 12.8 Å². The number of amides is 1. The Morgan fingerprint density at radius 3 is 2.28 bits per heavy atom. The van der Waals surface area contributed by atoms with Crippen LogP contribution in [-0.2, 0) is 24.1 Å². The minimum Gasteiger partial charge on any atom is -0.381 e. The molecular formula is C24H27ClFNO4S. The van der Waals surface area contributed by atoms with Gasteiger partial charge in [-0.05, 0) is 81.5 Å². The predicted molar refractivity (Wildman–Crippen MR) is 122 cm³/mol. The van der Waals surface area contributed by atoms with Gasteiger partial charge < -0.3 is 9.64 Å². The quantitative estimate of drug-likeness (QED) is 0.577. The number of hydrogen-bond donors (Lipinski definition) is 0. The standard InChI is InChI=1S/C24H27ClFNO4S/c1-16(2)27(23(28)17-3-4-17)22-10-5-18(15-21(22)26)24(11-13-31-14-12-24)32(29,30)20-8-6-19(25)7-9-20/h5-10,15-17H,3-4,11-14H2,1-2H3. The van der Waals surface area contributed by atoms with Gasteiger partial charge in [0.15, 0.2) is 9.84 Å². The zero-order chi connectivity index (χ0) is 23.1. The minimum atomic E-state index is -3.87. The van der Waals surface area contributed by atoms with Gasteiger partial charge in [-0.2, -0.15) is 0 Å². The Labute approximate surface area is 193 Å². The zero-order valence-electron chi connectivity index (χ0n) is 18.2. The fraction of sp³-hybridized carbons (Fsp3) is 0.458. The molecule has 2 aromatic rings. The molecule has 0 radical (unpaired) electrons. The zero-order valence-corrected chi connectivity index (χ0v) is 19.8. The molecule has 32 heavy (non-hydrogen) atoms. The number of benzene rings is 2. The molecule has 8 heteroatoms. The number of ether oxygens (including phenoxy) is 1. The maximum Gasteiger partial charge on any atom is 0.230 e. The number of sulfone groups is 1. The van der Waals surface area contributed by atoms with E-state index in [1.807, 2.05) is 13.8 Å². The van der Waals surface area contributed by atoms with E-state index in [-0.39, 0.29) is 54.5 Å². The van der Waals surface area contributed by atoms with Crippen molar-refractivity contribution >= 4 is 33.0 Å². The third-order valence-corrected chi connectivity index (χ3v) is 9.17. The van der Waals surface area contributed by atoms with Crippen LogP contribution in [0.25, 0.3) is 0 Å². The number of carbonyl (C=O) groups is 1. The maximum absolute atomic E-state index is 15.4. The van der Waals surface area contributed by atoms with E-state index in [0.717, 1.165) is 12.8 Å². The highest BCUT2D eigenvalue weighted by molar-refractivity contribution is 7.92. The van der Waals surface area contributed by atoms with Crippen molar-refractivity contribution in [1.29, 1.82) is 0 Å². The van der Waals surface area contributed by atoms with E-state index in [2.05, 4.69) is 0 Å². The van der Waals surface area contributed by atoms with Crippen LogP contribution in [0.3, 0.4) is 0 Å². The molecule has 2 aromatic carbocycles. The van der Waals surface area contributed by atoms with Gasteiger partial charge in [0, 0.05) is 30.2 Å². The molecule has 0 atom stereocenters. The molecule has 172 valence electrons. The summed E-state index contributed by atoms with van der Waals surface area (Å²) in [5.41, 5.74) is 0.561. The van der Waals surface area contributed by atoms with Gasteiger partial charge in [-0.1, -0.05) is 17.7 Å². The van der Waals surface area contributed by atoms with Crippen LogP contribution >= 0.6 is 11.6 Å². The topological polar surface area (TPSA) is 63.7 Å². The number of anilines is 1. The molecule has 0 N–H and O–H groups in total. The molecule has 2 fully saturated rings. The summed E-state index contributed by atoms with van der Waals surface area (Å²) in [6.45, 7) is 4.21. The van der Waals surface area contributed by atoms with E-state index in [4.69, 9.17) is 16.3 Å². The second kappa shape index (κ2) is 8.76.